The number of sulfonamides is 1. The number of benzene rings is 2. The minimum atomic E-state index is -3.71. The van der Waals surface area contributed by atoms with Crippen molar-refractivity contribution >= 4 is 10.0 Å². The van der Waals surface area contributed by atoms with E-state index in [9.17, 15) is 12.8 Å². The van der Waals surface area contributed by atoms with Gasteiger partial charge in [0, 0.05) is 25.2 Å². The van der Waals surface area contributed by atoms with E-state index in [4.69, 9.17) is 9.47 Å². The molecule has 0 aromatic heterocycles. The first kappa shape index (κ1) is 17.2. The fourth-order valence-corrected chi connectivity index (χ4v) is 3.24. The van der Waals surface area contributed by atoms with Crippen molar-refractivity contribution in [2.75, 3.05) is 21.3 Å². The van der Waals surface area contributed by atoms with Crippen molar-refractivity contribution in [2.24, 2.45) is 0 Å². The van der Waals surface area contributed by atoms with Gasteiger partial charge in [-0.15, -0.1) is 0 Å². The third-order valence-electron chi connectivity index (χ3n) is 3.41. The molecule has 2 rings (SSSR count). The standard InChI is InChI=1S/C16H18FNO4S/c1-18(23(19,20)15-8-5-13(17)6-9-15)11-12-4-7-14(21-2)10-16(12)22-3/h4-10H,11H2,1-3H3. The lowest BCUT2D eigenvalue weighted by Gasteiger charge is -2.19. The third-order valence-corrected chi connectivity index (χ3v) is 5.23. The zero-order valence-corrected chi connectivity index (χ0v) is 13.9. The van der Waals surface area contributed by atoms with Crippen LogP contribution >= 0.6 is 0 Å². The zero-order chi connectivity index (χ0) is 17.0. The van der Waals surface area contributed by atoms with Crippen molar-refractivity contribution in [3.8, 4) is 11.5 Å². The molecule has 0 saturated heterocycles. The molecule has 0 unspecified atom stereocenters. The molecular formula is C16H18FNO4S. The van der Waals surface area contributed by atoms with Crippen LogP contribution in [0.4, 0.5) is 4.39 Å². The quantitative estimate of drug-likeness (QED) is 0.812. The molecule has 0 heterocycles. The highest BCUT2D eigenvalue weighted by Gasteiger charge is 2.22. The molecule has 0 aliphatic heterocycles. The van der Waals surface area contributed by atoms with Crippen LogP contribution in [0.2, 0.25) is 0 Å². The predicted molar refractivity (Wildman–Crippen MR) is 84.6 cm³/mol. The highest BCUT2D eigenvalue weighted by atomic mass is 32.2. The van der Waals surface area contributed by atoms with Gasteiger partial charge < -0.3 is 9.47 Å². The Morgan fingerprint density at radius 2 is 1.70 bits per heavy atom. The van der Waals surface area contributed by atoms with Crippen LogP contribution < -0.4 is 9.47 Å². The molecule has 0 atom stereocenters. The minimum absolute atomic E-state index is 0.0360. The summed E-state index contributed by atoms with van der Waals surface area (Å²) in [5.41, 5.74) is 0.696. The van der Waals surface area contributed by atoms with Crippen molar-refractivity contribution in [2.45, 2.75) is 11.4 Å². The second-order valence-corrected chi connectivity index (χ2v) is 6.94. The zero-order valence-electron chi connectivity index (χ0n) is 13.1. The Labute approximate surface area is 135 Å². The molecule has 0 aliphatic carbocycles. The van der Waals surface area contributed by atoms with E-state index in [1.54, 1.807) is 25.3 Å². The van der Waals surface area contributed by atoms with Gasteiger partial charge >= 0.3 is 0 Å². The van der Waals surface area contributed by atoms with Gasteiger partial charge in [0.05, 0.1) is 19.1 Å². The lowest BCUT2D eigenvalue weighted by molar-refractivity contribution is 0.384. The van der Waals surface area contributed by atoms with Gasteiger partial charge in [-0.1, -0.05) is 6.07 Å². The molecule has 0 N–H and O–H groups in total. The Bertz CT molecular complexity index is 775. The first-order chi connectivity index (χ1) is 10.9. The average molecular weight is 339 g/mol. The number of nitrogens with zero attached hydrogens (tertiary/aromatic N) is 1. The monoisotopic (exact) mass is 339 g/mol. The van der Waals surface area contributed by atoms with E-state index in [1.165, 1.54) is 30.6 Å². The number of hydrogen-bond donors (Lipinski definition) is 0. The van der Waals surface area contributed by atoms with Gasteiger partial charge in [-0.25, -0.2) is 12.8 Å². The minimum Gasteiger partial charge on any atom is -0.497 e. The summed E-state index contributed by atoms with van der Waals surface area (Å²) >= 11 is 0. The van der Waals surface area contributed by atoms with Crippen LogP contribution in [0, 0.1) is 5.82 Å². The molecule has 7 heteroatoms. The van der Waals surface area contributed by atoms with E-state index < -0.39 is 15.8 Å². The first-order valence-electron chi connectivity index (χ1n) is 6.81. The van der Waals surface area contributed by atoms with Gasteiger partial charge in [-0.3, -0.25) is 0 Å². The van der Waals surface area contributed by atoms with Crippen LogP contribution in [0.15, 0.2) is 47.4 Å². The average Bonchev–Trinajstić information content (AvgIpc) is 2.55. The summed E-state index contributed by atoms with van der Waals surface area (Å²) in [5.74, 6) is 0.670. The molecule has 0 aliphatic rings. The van der Waals surface area contributed by atoms with E-state index in [-0.39, 0.29) is 11.4 Å². The van der Waals surface area contributed by atoms with Crippen LogP contribution in [-0.2, 0) is 16.6 Å². The molecule has 2 aromatic carbocycles. The molecule has 5 nitrogen and oxygen atoms in total. The van der Waals surface area contributed by atoms with E-state index in [0.29, 0.717) is 17.1 Å². The molecule has 0 amide bonds. The predicted octanol–water partition coefficient (Wildman–Crippen LogP) is 2.66. The van der Waals surface area contributed by atoms with Crippen molar-refractivity contribution in [1.29, 1.82) is 0 Å². The largest absolute Gasteiger partial charge is 0.497 e. The number of hydrogen-bond acceptors (Lipinski definition) is 4. The van der Waals surface area contributed by atoms with Crippen molar-refractivity contribution in [1.82, 2.24) is 4.31 Å². The van der Waals surface area contributed by atoms with E-state index in [0.717, 1.165) is 12.1 Å². The van der Waals surface area contributed by atoms with Crippen LogP contribution in [-0.4, -0.2) is 34.0 Å². The topological polar surface area (TPSA) is 55.8 Å². The van der Waals surface area contributed by atoms with E-state index in [1.807, 2.05) is 0 Å². The maximum atomic E-state index is 13.0. The molecule has 23 heavy (non-hydrogen) atoms. The maximum Gasteiger partial charge on any atom is 0.243 e. The Balaban J connectivity index is 2.27. The number of ether oxygens (including phenoxy) is 2. The number of halogens is 1. The Kier molecular flexibility index (Phi) is 5.23. The number of rotatable bonds is 6. The normalized spacial score (nSPS) is 11.5. The van der Waals surface area contributed by atoms with Crippen LogP contribution in [0.3, 0.4) is 0 Å². The Morgan fingerprint density at radius 1 is 1.04 bits per heavy atom. The van der Waals surface area contributed by atoms with Crippen molar-refractivity contribution < 1.29 is 22.3 Å². The lowest BCUT2D eigenvalue weighted by atomic mass is 10.2. The highest BCUT2D eigenvalue weighted by Crippen LogP contribution is 2.27. The van der Waals surface area contributed by atoms with Crippen molar-refractivity contribution in [3.63, 3.8) is 0 Å². The Morgan fingerprint density at radius 3 is 2.26 bits per heavy atom. The summed E-state index contributed by atoms with van der Waals surface area (Å²) in [6, 6.07) is 9.89. The second-order valence-electron chi connectivity index (χ2n) is 4.89. The summed E-state index contributed by atoms with van der Waals surface area (Å²) in [6.45, 7) is 0.118. The molecule has 0 radical (unpaired) electrons. The molecule has 124 valence electrons. The molecular weight excluding hydrogens is 321 g/mol. The molecule has 0 spiro atoms. The van der Waals surface area contributed by atoms with Gasteiger partial charge in [0.1, 0.15) is 17.3 Å². The van der Waals surface area contributed by atoms with Crippen LogP contribution in [0.1, 0.15) is 5.56 Å². The summed E-state index contributed by atoms with van der Waals surface area (Å²) in [5, 5.41) is 0. The van der Waals surface area contributed by atoms with Gasteiger partial charge in [-0.05, 0) is 30.3 Å². The summed E-state index contributed by atoms with van der Waals surface area (Å²) in [7, 11) is 0.794. The van der Waals surface area contributed by atoms with Gasteiger partial charge in [-0.2, -0.15) is 4.31 Å². The third kappa shape index (κ3) is 3.80. The van der Waals surface area contributed by atoms with Gasteiger partial charge in [0.15, 0.2) is 0 Å². The fraction of sp³-hybridized carbons (Fsp3) is 0.250. The van der Waals surface area contributed by atoms with Crippen LogP contribution in [0.25, 0.3) is 0 Å². The Hall–Kier alpha value is -2.12. The number of methoxy groups -OCH3 is 2. The fourth-order valence-electron chi connectivity index (χ4n) is 2.09. The first-order valence-corrected chi connectivity index (χ1v) is 8.25. The summed E-state index contributed by atoms with van der Waals surface area (Å²) in [4.78, 5) is 0.0360. The molecule has 0 fully saturated rings. The molecule has 0 saturated carbocycles. The summed E-state index contributed by atoms with van der Waals surface area (Å²) in [6.07, 6.45) is 0. The highest BCUT2D eigenvalue weighted by molar-refractivity contribution is 7.89. The maximum absolute atomic E-state index is 13.0. The van der Waals surface area contributed by atoms with Crippen molar-refractivity contribution in [3.05, 3.63) is 53.8 Å². The van der Waals surface area contributed by atoms with Gasteiger partial charge in [0.2, 0.25) is 10.0 Å². The van der Waals surface area contributed by atoms with Gasteiger partial charge in [0.25, 0.3) is 0 Å². The molecule has 0 bridgehead atoms. The lowest BCUT2D eigenvalue weighted by Crippen LogP contribution is -2.26. The molecule has 2 aromatic rings. The van der Waals surface area contributed by atoms with Crippen LogP contribution in [0.5, 0.6) is 11.5 Å². The van der Waals surface area contributed by atoms with E-state index >= 15 is 0 Å². The summed E-state index contributed by atoms with van der Waals surface area (Å²) < 4.78 is 49.5. The second kappa shape index (κ2) is 6.97. The smallest absolute Gasteiger partial charge is 0.243 e. The SMILES string of the molecule is COc1ccc(CN(C)S(=O)(=O)c2ccc(F)cc2)c(OC)c1. The van der Waals surface area contributed by atoms with E-state index in [2.05, 4.69) is 0 Å².